The molecule has 176 valence electrons. The average molecular weight is 558 g/mol. The van der Waals surface area contributed by atoms with Crippen LogP contribution in [0.3, 0.4) is 0 Å². The van der Waals surface area contributed by atoms with E-state index >= 15 is 0 Å². The van der Waals surface area contributed by atoms with Gasteiger partial charge in [0.15, 0.2) is 5.96 Å². The van der Waals surface area contributed by atoms with E-state index in [2.05, 4.69) is 20.9 Å². The molecule has 0 spiro atoms. The summed E-state index contributed by atoms with van der Waals surface area (Å²) >= 11 is 0. The van der Waals surface area contributed by atoms with Gasteiger partial charge in [-0.2, -0.15) is 0 Å². The Morgan fingerprint density at radius 1 is 1.12 bits per heavy atom. The monoisotopic (exact) mass is 558 g/mol. The van der Waals surface area contributed by atoms with Crippen LogP contribution in [0.15, 0.2) is 47.5 Å². The Labute approximate surface area is 206 Å². The number of nitrogens with one attached hydrogen (secondary N) is 3. The zero-order valence-electron chi connectivity index (χ0n) is 18.7. The fourth-order valence-corrected chi connectivity index (χ4v) is 2.67. The maximum Gasteiger partial charge on any atom is 0.251 e. The quantitative estimate of drug-likeness (QED) is 0.168. The first-order chi connectivity index (χ1) is 15.0. The molecule has 0 unspecified atom stereocenters. The molecule has 0 atom stereocenters. The summed E-state index contributed by atoms with van der Waals surface area (Å²) < 4.78 is 24.4. The highest BCUT2D eigenvalue weighted by Gasteiger charge is 2.07. The molecule has 2 aromatic rings. The molecule has 32 heavy (non-hydrogen) atoms. The maximum atomic E-state index is 13.6. The van der Waals surface area contributed by atoms with Crippen molar-refractivity contribution in [1.82, 2.24) is 10.6 Å². The van der Waals surface area contributed by atoms with E-state index in [0.717, 1.165) is 17.9 Å². The number of guanidine groups is 1. The molecular weight excluding hydrogens is 526 g/mol. The van der Waals surface area contributed by atoms with E-state index in [1.54, 1.807) is 26.2 Å². The van der Waals surface area contributed by atoms with Crippen molar-refractivity contribution < 1.29 is 18.7 Å². The second-order valence-corrected chi connectivity index (χ2v) is 6.83. The molecule has 0 aromatic heterocycles. The highest BCUT2D eigenvalue weighted by molar-refractivity contribution is 14.0. The molecule has 0 fully saturated rings. The van der Waals surface area contributed by atoms with Crippen LogP contribution in [0.1, 0.15) is 29.3 Å². The van der Waals surface area contributed by atoms with Crippen molar-refractivity contribution in [2.45, 2.75) is 20.3 Å². The van der Waals surface area contributed by atoms with E-state index in [-0.39, 0.29) is 29.9 Å². The Bertz CT molecular complexity index is 880. The number of methoxy groups -OCH3 is 1. The largest absolute Gasteiger partial charge is 0.493 e. The van der Waals surface area contributed by atoms with Gasteiger partial charge in [-0.25, -0.2) is 4.39 Å². The average Bonchev–Trinajstić information content (AvgIpc) is 2.76. The lowest BCUT2D eigenvalue weighted by atomic mass is 10.1. The minimum atomic E-state index is -0.394. The molecule has 0 aliphatic rings. The van der Waals surface area contributed by atoms with Crippen LogP contribution in [0.4, 0.5) is 10.1 Å². The van der Waals surface area contributed by atoms with Gasteiger partial charge in [0.25, 0.3) is 5.91 Å². The number of hydrogen-bond acceptors (Lipinski definition) is 4. The molecule has 7 nitrogen and oxygen atoms in total. The van der Waals surface area contributed by atoms with Crippen LogP contribution in [0.5, 0.6) is 5.75 Å². The lowest BCUT2D eigenvalue weighted by Gasteiger charge is -2.13. The summed E-state index contributed by atoms with van der Waals surface area (Å²) in [7, 11) is 1.67. The number of benzene rings is 2. The minimum absolute atomic E-state index is 0. The highest BCUT2D eigenvalue weighted by atomic mass is 127. The number of hydrogen-bond donors (Lipinski definition) is 3. The summed E-state index contributed by atoms with van der Waals surface area (Å²) in [5.74, 6) is 0.629. The number of amides is 1. The summed E-state index contributed by atoms with van der Waals surface area (Å²) in [5, 5.41) is 9.14. The van der Waals surface area contributed by atoms with Crippen LogP contribution in [-0.2, 0) is 4.74 Å². The van der Waals surface area contributed by atoms with Gasteiger partial charge >= 0.3 is 0 Å². The first kappa shape index (κ1) is 27.6. The van der Waals surface area contributed by atoms with Gasteiger partial charge in [0.05, 0.1) is 13.2 Å². The molecule has 0 saturated carbocycles. The van der Waals surface area contributed by atoms with Gasteiger partial charge in [-0.3, -0.25) is 9.79 Å². The van der Waals surface area contributed by atoms with Crippen LogP contribution in [0.2, 0.25) is 0 Å². The number of ether oxygens (including phenoxy) is 2. The van der Waals surface area contributed by atoms with E-state index in [9.17, 15) is 9.18 Å². The molecular formula is C23H32FIN4O3. The first-order valence-corrected chi connectivity index (χ1v) is 10.3. The van der Waals surface area contributed by atoms with Crippen LogP contribution >= 0.6 is 24.0 Å². The van der Waals surface area contributed by atoms with Crippen molar-refractivity contribution in [3.05, 3.63) is 59.4 Å². The number of aliphatic imine (C=N–C) groups is 1. The predicted octanol–water partition coefficient (Wildman–Crippen LogP) is 3.97. The summed E-state index contributed by atoms with van der Waals surface area (Å²) in [6.45, 7) is 6.25. The lowest BCUT2D eigenvalue weighted by Crippen LogP contribution is -2.32. The van der Waals surface area contributed by atoms with E-state index in [1.165, 1.54) is 6.07 Å². The second kappa shape index (κ2) is 15.4. The fourth-order valence-electron chi connectivity index (χ4n) is 2.67. The van der Waals surface area contributed by atoms with Crippen molar-refractivity contribution >= 4 is 41.5 Å². The minimum Gasteiger partial charge on any atom is -0.493 e. The molecule has 0 bridgehead atoms. The van der Waals surface area contributed by atoms with Crippen LogP contribution < -0.4 is 20.7 Å². The van der Waals surface area contributed by atoms with Gasteiger partial charge in [0.2, 0.25) is 0 Å². The van der Waals surface area contributed by atoms with Crippen molar-refractivity contribution in [2.75, 3.05) is 45.3 Å². The molecule has 0 radical (unpaired) electrons. The fraction of sp³-hybridized carbons (Fsp3) is 0.391. The standard InChI is InChI=1S/C23H31FN4O3.HI/c1-4-25-23(28-19-7-5-8-20(16-19)31-14-6-13-30-3)27-12-11-26-22(29)18-10-9-17(2)21(24)15-18;/h5,7-10,15-16H,4,6,11-14H2,1-3H3,(H,26,29)(H2,25,27,28);1H. The molecule has 0 heterocycles. The Kier molecular flexibility index (Phi) is 13.3. The number of aryl methyl sites for hydroxylation is 1. The Morgan fingerprint density at radius 3 is 2.66 bits per heavy atom. The number of halogens is 2. The van der Waals surface area contributed by atoms with E-state index in [1.807, 2.05) is 31.2 Å². The summed E-state index contributed by atoms with van der Waals surface area (Å²) in [4.78, 5) is 16.6. The molecule has 0 aliphatic heterocycles. The third kappa shape index (κ3) is 9.82. The Morgan fingerprint density at radius 2 is 1.94 bits per heavy atom. The summed E-state index contributed by atoms with van der Waals surface area (Å²) in [6, 6.07) is 12.0. The van der Waals surface area contributed by atoms with Crippen molar-refractivity contribution in [1.29, 1.82) is 0 Å². The SMILES string of the molecule is CCNC(=NCCNC(=O)c1ccc(C)c(F)c1)Nc1cccc(OCCCOC)c1.I. The van der Waals surface area contributed by atoms with Gasteiger partial charge in [0.1, 0.15) is 11.6 Å². The normalized spacial score (nSPS) is 10.8. The Balaban J connectivity index is 0.00000512. The predicted molar refractivity (Wildman–Crippen MR) is 137 cm³/mol. The third-order valence-corrected chi connectivity index (χ3v) is 4.30. The van der Waals surface area contributed by atoms with Crippen LogP contribution in [-0.4, -0.2) is 51.8 Å². The first-order valence-electron chi connectivity index (χ1n) is 10.3. The van der Waals surface area contributed by atoms with Crippen molar-refractivity contribution in [3.8, 4) is 5.75 Å². The summed E-state index contributed by atoms with van der Waals surface area (Å²) in [6.07, 6.45) is 0.819. The van der Waals surface area contributed by atoms with Crippen LogP contribution in [0.25, 0.3) is 0 Å². The van der Waals surface area contributed by atoms with Crippen LogP contribution in [0, 0.1) is 12.7 Å². The smallest absolute Gasteiger partial charge is 0.251 e. The Hall–Kier alpha value is -2.40. The highest BCUT2D eigenvalue weighted by Crippen LogP contribution is 2.17. The molecule has 2 rings (SSSR count). The molecule has 9 heteroatoms. The zero-order valence-corrected chi connectivity index (χ0v) is 21.1. The zero-order chi connectivity index (χ0) is 22.5. The maximum absolute atomic E-state index is 13.6. The number of anilines is 1. The third-order valence-electron chi connectivity index (χ3n) is 4.30. The van der Waals surface area contributed by atoms with Gasteiger partial charge in [0, 0.05) is 50.5 Å². The number of carbonyl (C=O) groups excluding carboxylic acids is 1. The number of nitrogens with zero attached hydrogens (tertiary/aromatic N) is 1. The van der Waals surface area contributed by atoms with E-state index in [0.29, 0.717) is 49.9 Å². The molecule has 0 aliphatic carbocycles. The molecule has 2 aromatic carbocycles. The topological polar surface area (TPSA) is 84.0 Å². The second-order valence-electron chi connectivity index (χ2n) is 6.83. The molecule has 0 saturated heterocycles. The van der Waals surface area contributed by atoms with Gasteiger partial charge in [-0.1, -0.05) is 12.1 Å². The number of carbonyl (C=O) groups is 1. The van der Waals surface area contributed by atoms with Gasteiger partial charge in [-0.05, 0) is 43.7 Å². The van der Waals surface area contributed by atoms with Gasteiger partial charge in [-0.15, -0.1) is 24.0 Å². The van der Waals surface area contributed by atoms with E-state index < -0.39 is 5.82 Å². The summed E-state index contributed by atoms with van der Waals surface area (Å²) in [5.41, 5.74) is 1.63. The van der Waals surface area contributed by atoms with Crippen molar-refractivity contribution in [2.24, 2.45) is 4.99 Å². The molecule has 1 amide bonds. The molecule has 3 N–H and O–H groups in total. The number of rotatable bonds is 11. The van der Waals surface area contributed by atoms with Gasteiger partial charge < -0.3 is 25.4 Å². The van der Waals surface area contributed by atoms with Crippen molar-refractivity contribution in [3.63, 3.8) is 0 Å². The van der Waals surface area contributed by atoms with E-state index in [4.69, 9.17) is 9.47 Å². The lowest BCUT2D eigenvalue weighted by molar-refractivity contribution is 0.0954.